The Labute approximate surface area is 139 Å². The van der Waals surface area contributed by atoms with Gasteiger partial charge in [0, 0.05) is 31.9 Å². The molecule has 0 bridgehead atoms. The van der Waals surface area contributed by atoms with Crippen molar-refractivity contribution in [2.75, 3.05) is 38.2 Å². The second kappa shape index (κ2) is 6.77. The Morgan fingerprint density at radius 1 is 1.17 bits per heavy atom. The van der Waals surface area contributed by atoms with Crippen LogP contribution in [0.4, 0.5) is 10.5 Å². The number of hydrogen-bond donors (Lipinski definition) is 2. The molecule has 3 rings (SSSR count). The Bertz CT molecular complexity index is 638. The smallest absolute Gasteiger partial charge is 0.322 e. The molecular weight excluding hydrogens is 312 g/mol. The average Bonchev–Trinajstić information content (AvgIpc) is 2.92. The van der Waals surface area contributed by atoms with Gasteiger partial charge in [0.25, 0.3) is 5.91 Å². The van der Waals surface area contributed by atoms with E-state index in [0.29, 0.717) is 13.1 Å². The zero-order chi connectivity index (χ0) is 17.1. The first-order valence-electron chi connectivity index (χ1n) is 7.85. The molecule has 2 heterocycles. The topological polar surface area (TPSA) is 91.0 Å². The van der Waals surface area contributed by atoms with E-state index in [1.807, 2.05) is 24.3 Å². The molecule has 24 heavy (non-hydrogen) atoms. The maximum atomic E-state index is 12.3. The fraction of sp³-hybridized carbons (Fsp3) is 0.438. The largest absolute Gasteiger partial charge is 0.497 e. The standard InChI is InChI=1S/C16H20N4O4/c1-24-12-4-2-11(3-5-12)19-6-8-20(9-7-19)14(21)10-13-15(22)18-16(23)17-13/h2-5,13H,6-10H2,1H3,(H2,17,18,22,23). The minimum absolute atomic E-state index is 0.000108. The van der Waals surface area contributed by atoms with Crippen LogP contribution >= 0.6 is 0 Å². The summed E-state index contributed by atoms with van der Waals surface area (Å²) in [6, 6.07) is 6.51. The molecule has 1 unspecified atom stereocenters. The van der Waals surface area contributed by atoms with Crippen LogP contribution in [0.3, 0.4) is 0 Å². The van der Waals surface area contributed by atoms with Crippen molar-refractivity contribution in [3.8, 4) is 5.75 Å². The quantitative estimate of drug-likeness (QED) is 0.754. The predicted molar refractivity (Wildman–Crippen MR) is 86.9 cm³/mol. The van der Waals surface area contributed by atoms with E-state index in [2.05, 4.69) is 15.5 Å². The SMILES string of the molecule is COc1ccc(N2CCN(C(=O)CC3NC(=O)NC3=O)CC2)cc1. The summed E-state index contributed by atoms with van der Waals surface area (Å²) >= 11 is 0. The van der Waals surface area contributed by atoms with Gasteiger partial charge in [-0.1, -0.05) is 0 Å². The number of carbonyl (C=O) groups is 3. The number of piperazine rings is 1. The number of nitrogens with zero attached hydrogens (tertiary/aromatic N) is 2. The number of ether oxygens (including phenoxy) is 1. The molecule has 0 saturated carbocycles. The van der Waals surface area contributed by atoms with E-state index in [9.17, 15) is 14.4 Å². The van der Waals surface area contributed by atoms with Crippen molar-refractivity contribution in [2.24, 2.45) is 0 Å². The number of methoxy groups -OCH3 is 1. The Morgan fingerprint density at radius 2 is 1.83 bits per heavy atom. The summed E-state index contributed by atoms with van der Waals surface area (Å²) in [5.41, 5.74) is 1.09. The molecule has 0 aromatic heterocycles. The lowest BCUT2D eigenvalue weighted by Gasteiger charge is -2.36. The van der Waals surface area contributed by atoms with Gasteiger partial charge in [0.05, 0.1) is 13.5 Å². The normalized spacial score (nSPS) is 20.6. The number of rotatable bonds is 4. The minimum Gasteiger partial charge on any atom is -0.497 e. The Kier molecular flexibility index (Phi) is 4.54. The van der Waals surface area contributed by atoms with Crippen molar-refractivity contribution >= 4 is 23.5 Å². The summed E-state index contributed by atoms with van der Waals surface area (Å²) in [6.07, 6.45) is 0.000108. The first-order chi connectivity index (χ1) is 11.6. The number of anilines is 1. The minimum atomic E-state index is -0.760. The van der Waals surface area contributed by atoms with E-state index < -0.39 is 18.0 Å². The lowest BCUT2D eigenvalue weighted by atomic mass is 10.1. The van der Waals surface area contributed by atoms with Crippen LogP contribution in [0.15, 0.2) is 24.3 Å². The summed E-state index contributed by atoms with van der Waals surface area (Å²) in [7, 11) is 1.63. The molecule has 2 fully saturated rings. The summed E-state index contributed by atoms with van der Waals surface area (Å²) < 4.78 is 5.15. The van der Waals surface area contributed by atoms with Gasteiger partial charge in [-0.25, -0.2) is 4.79 Å². The van der Waals surface area contributed by atoms with Gasteiger partial charge in [0.2, 0.25) is 5.91 Å². The molecule has 2 aliphatic heterocycles. The molecule has 1 aromatic rings. The van der Waals surface area contributed by atoms with Crippen LogP contribution in [0.25, 0.3) is 0 Å². The van der Waals surface area contributed by atoms with Gasteiger partial charge < -0.3 is 19.9 Å². The molecule has 0 aliphatic carbocycles. The fourth-order valence-corrected chi connectivity index (χ4v) is 2.91. The number of hydrogen-bond acceptors (Lipinski definition) is 5. The van der Waals surface area contributed by atoms with E-state index >= 15 is 0 Å². The van der Waals surface area contributed by atoms with Crippen molar-refractivity contribution in [3.63, 3.8) is 0 Å². The zero-order valence-corrected chi connectivity index (χ0v) is 13.4. The molecule has 1 aromatic carbocycles. The highest BCUT2D eigenvalue weighted by Gasteiger charge is 2.33. The second-order valence-corrected chi connectivity index (χ2v) is 5.79. The van der Waals surface area contributed by atoms with E-state index in [1.54, 1.807) is 12.0 Å². The van der Waals surface area contributed by atoms with Crippen LogP contribution in [-0.2, 0) is 9.59 Å². The molecule has 1 atom stereocenters. The van der Waals surface area contributed by atoms with Crippen LogP contribution in [0, 0.1) is 0 Å². The molecule has 8 nitrogen and oxygen atoms in total. The second-order valence-electron chi connectivity index (χ2n) is 5.79. The maximum absolute atomic E-state index is 12.3. The average molecular weight is 332 g/mol. The Morgan fingerprint density at radius 3 is 2.38 bits per heavy atom. The van der Waals surface area contributed by atoms with Crippen molar-refractivity contribution < 1.29 is 19.1 Å². The maximum Gasteiger partial charge on any atom is 0.322 e. The summed E-state index contributed by atoms with van der Waals surface area (Å²) in [5, 5.41) is 4.58. The monoisotopic (exact) mass is 332 g/mol. The van der Waals surface area contributed by atoms with E-state index in [1.165, 1.54) is 0 Å². The number of nitrogens with one attached hydrogen (secondary N) is 2. The fourth-order valence-electron chi connectivity index (χ4n) is 2.91. The van der Waals surface area contributed by atoms with Crippen molar-refractivity contribution in [1.29, 1.82) is 0 Å². The molecule has 2 N–H and O–H groups in total. The van der Waals surface area contributed by atoms with Crippen LogP contribution in [0.1, 0.15) is 6.42 Å². The molecule has 128 valence electrons. The lowest BCUT2D eigenvalue weighted by Crippen LogP contribution is -2.50. The number of amides is 4. The third-order valence-corrected chi connectivity index (χ3v) is 4.31. The molecule has 2 saturated heterocycles. The highest BCUT2D eigenvalue weighted by Crippen LogP contribution is 2.20. The van der Waals surface area contributed by atoms with Gasteiger partial charge in [-0.2, -0.15) is 0 Å². The molecule has 0 radical (unpaired) electrons. The molecule has 0 spiro atoms. The number of urea groups is 1. The number of imide groups is 1. The summed E-state index contributed by atoms with van der Waals surface area (Å²) in [4.78, 5) is 38.8. The third kappa shape index (κ3) is 3.42. The predicted octanol–water partition coefficient (Wildman–Crippen LogP) is -0.0581. The van der Waals surface area contributed by atoms with Crippen LogP contribution in [0.2, 0.25) is 0 Å². The van der Waals surface area contributed by atoms with E-state index in [-0.39, 0.29) is 12.3 Å². The number of benzene rings is 1. The zero-order valence-electron chi connectivity index (χ0n) is 13.4. The molecule has 4 amide bonds. The Hall–Kier alpha value is -2.77. The number of carbonyl (C=O) groups excluding carboxylic acids is 3. The van der Waals surface area contributed by atoms with Gasteiger partial charge in [-0.05, 0) is 24.3 Å². The summed E-state index contributed by atoms with van der Waals surface area (Å²) in [5.74, 6) is 0.251. The van der Waals surface area contributed by atoms with Gasteiger partial charge in [0.15, 0.2) is 0 Å². The van der Waals surface area contributed by atoms with Gasteiger partial charge in [-0.15, -0.1) is 0 Å². The van der Waals surface area contributed by atoms with Crippen LogP contribution in [-0.4, -0.2) is 62.1 Å². The van der Waals surface area contributed by atoms with E-state index in [4.69, 9.17) is 4.74 Å². The molecular formula is C16H20N4O4. The summed E-state index contributed by atoms with van der Waals surface area (Å²) in [6.45, 7) is 2.63. The van der Waals surface area contributed by atoms with Gasteiger partial charge >= 0.3 is 6.03 Å². The third-order valence-electron chi connectivity index (χ3n) is 4.31. The highest BCUT2D eigenvalue weighted by molar-refractivity contribution is 6.05. The van der Waals surface area contributed by atoms with Gasteiger partial charge in [-0.3, -0.25) is 14.9 Å². The van der Waals surface area contributed by atoms with E-state index in [0.717, 1.165) is 24.5 Å². The highest BCUT2D eigenvalue weighted by atomic mass is 16.5. The van der Waals surface area contributed by atoms with Crippen molar-refractivity contribution in [2.45, 2.75) is 12.5 Å². The molecule has 8 heteroatoms. The van der Waals surface area contributed by atoms with Crippen molar-refractivity contribution in [1.82, 2.24) is 15.5 Å². The van der Waals surface area contributed by atoms with Crippen LogP contribution < -0.4 is 20.3 Å². The Balaban J connectivity index is 1.51. The van der Waals surface area contributed by atoms with Crippen molar-refractivity contribution in [3.05, 3.63) is 24.3 Å². The molecule has 2 aliphatic rings. The van der Waals surface area contributed by atoms with Crippen LogP contribution in [0.5, 0.6) is 5.75 Å². The van der Waals surface area contributed by atoms with Gasteiger partial charge in [0.1, 0.15) is 11.8 Å². The first kappa shape index (κ1) is 16.1. The first-order valence-corrected chi connectivity index (χ1v) is 7.85. The lowest BCUT2D eigenvalue weighted by molar-refractivity contribution is -0.134.